The molecule has 1 aromatic carbocycles. The molecular weight excluding hydrogens is 252 g/mol. The van der Waals surface area contributed by atoms with E-state index in [1.165, 1.54) is 11.1 Å². The number of methoxy groups -OCH3 is 1. The van der Waals surface area contributed by atoms with E-state index in [0.29, 0.717) is 17.7 Å². The van der Waals surface area contributed by atoms with E-state index in [4.69, 9.17) is 15.0 Å². The summed E-state index contributed by atoms with van der Waals surface area (Å²) in [5.74, 6) is 2.04. The maximum absolute atomic E-state index is 5.84. The topological polar surface area (TPSA) is 61.3 Å². The van der Waals surface area contributed by atoms with Crippen LogP contribution < -0.4 is 10.5 Å². The van der Waals surface area contributed by atoms with E-state index >= 15 is 0 Å². The summed E-state index contributed by atoms with van der Waals surface area (Å²) in [7, 11) is 1.72. The standard InChI is InChI=1S/C16H22N2O2/c1-9(2)12-6-11(14-8-18-20-16(14)17)7-13(10(3)4)15(12)19-5/h6-10H,17H2,1-5H3. The van der Waals surface area contributed by atoms with Crippen molar-refractivity contribution in [1.82, 2.24) is 5.16 Å². The number of nitrogens with two attached hydrogens (primary N) is 1. The number of hydrogen-bond donors (Lipinski definition) is 1. The van der Waals surface area contributed by atoms with Crippen LogP contribution >= 0.6 is 0 Å². The zero-order valence-electron chi connectivity index (χ0n) is 12.7. The molecule has 0 unspecified atom stereocenters. The molecule has 0 amide bonds. The van der Waals surface area contributed by atoms with Crippen molar-refractivity contribution in [3.63, 3.8) is 0 Å². The van der Waals surface area contributed by atoms with Gasteiger partial charge in [-0.1, -0.05) is 32.9 Å². The van der Waals surface area contributed by atoms with Crippen molar-refractivity contribution in [3.05, 3.63) is 29.5 Å². The van der Waals surface area contributed by atoms with Gasteiger partial charge in [-0.2, -0.15) is 0 Å². The van der Waals surface area contributed by atoms with E-state index in [9.17, 15) is 0 Å². The van der Waals surface area contributed by atoms with Gasteiger partial charge in [-0.25, -0.2) is 0 Å². The number of aromatic nitrogens is 1. The summed E-state index contributed by atoms with van der Waals surface area (Å²) in [6.45, 7) is 8.62. The lowest BCUT2D eigenvalue weighted by molar-refractivity contribution is 0.400. The van der Waals surface area contributed by atoms with Gasteiger partial charge >= 0.3 is 0 Å². The predicted octanol–water partition coefficient (Wildman–Crippen LogP) is 4.18. The number of rotatable bonds is 4. The molecule has 1 heterocycles. The van der Waals surface area contributed by atoms with Gasteiger partial charge in [0.1, 0.15) is 5.75 Å². The number of benzene rings is 1. The fourth-order valence-electron chi connectivity index (χ4n) is 2.39. The van der Waals surface area contributed by atoms with Crippen molar-refractivity contribution in [1.29, 1.82) is 0 Å². The van der Waals surface area contributed by atoms with Crippen molar-refractivity contribution in [2.45, 2.75) is 39.5 Å². The molecule has 0 fully saturated rings. The van der Waals surface area contributed by atoms with Crippen LogP contribution in [0, 0.1) is 0 Å². The molecule has 20 heavy (non-hydrogen) atoms. The monoisotopic (exact) mass is 274 g/mol. The van der Waals surface area contributed by atoms with Crippen LogP contribution in [0.15, 0.2) is 22.9 Å². The number of nitrogens with zero attached hydrogens (tertiary/aromatic N) is 1. The van der Waals surface area contributed by atoms with Crippen LogP contribution in [0.25, 0.3) is 11.1 Å². The molecule has 4 heteroatoms. The summed E-state index contributed by atoms with van der Waals surface area (Å²) in [5, 5.41) is 3.76. The Hall–Kier alpha value is -1.97. The van der Waals surface area contributed by atoms with Crippen LogP contribution in [0.2, 0.25) is 0 Å². The fraction of sp³-hybridized carbons (Fsp3) is 0.438. The number of nitrogen functional groups attached to an aromatic ring is 1. The van der Waals surface area contributed by atoms with Crippen molar-refractivity contribution >= 4 is 5.88 Å². The van der Waals surface area contributed by atoms with Gasteiger partial charge in [-0.3, -0.25) is 0 Å². The maximum atomic E-state index is 5.84. The lowest BCUT2D eigenvalue weighted by atomic mass is 9.90. The summed E-state index contributed by atoms with van der Waals surface area (Å²) in [6.07, 6.45) is 1.66. The highest BCUT2D eigenvalue weighted by Gasteiger charge is 2.18. The van der Waals surface area contributed by atoms with Gasteiger partial charge in [-0.05, 0) is 40.7 Å². The Morgan fingerprint density at radius 1 is 1.10 bits per heavy atom. The third kappa shape index (κ3) is 2.50. The number of ether oxygens (including phenoxy) is 1. The molecule has 0 aliphatic carbocycles. The molecule has 0 atom stereocenters. The van der Waals surface area contributed by atoms with Crippen LogP contribution in [0.3, 0.4) is 0 Å². The maximum Gasteiger partial charge on any atom is 0.229 e. The highest BCUT2D eigenvalue weighted by Crippen LogP contribution is 2.39. The average Bonchev–Trinajstić information content (AvgIpc) is 2.83. The van der Waals surface area contributed by atoms with Gasteiger partial charge in [-0.15, -0.1) is 0 Å². The van der Waals surface area contributed by atoms with E-state index in [-0.39, 0.29) is 0 Å². The second-order valence-corrected chi connectivity index (χ2v) is 5.60. The van der Waals surface area contributed by atoms with Gasteiger partial charge in [0, 0.05) is 0 Å². The lowest BCUT2D eigenvalue weighted by Crippen LogP contribution is -2.02. The molecule has 0 bridgehead atoms. The molecule has 0 aliphatic rings. The summed E-state index contributed by atoms with van der Waals surface area (Å²) in [5.41, 5.74) is 10.0. The molecule has 2 N–H and O–H groups in total. The lowest BCUT2D eigenvalue weighted by Gasteiger charge is -2.20. The van der Waals surface area contributed by atoms with E-state index in [0.717, 1.165) is 16.9 Å². The Kier molecular flexibility index (Phi) is 4.02. The molecule has 0 saturated heterocycles. The van der Waals surface area contributed by atoms with Crippen molar-refractivity contribution in [2.75, 3.05) is 12.8 Å². The summed E-state index contributed by atoms with van der Waals surface area (Å²) >= 11 is 0. The second kappa shape index (κ2) is 5.57. The summed E-state index contributed by atoms with van der Waals surface area (Å²) in [6, 6.07) is 4.22. The molecular formula is C16H22N2O2. The van der Waals surface area contributed by atoms with Crippen molar-refractivity contribution in [2.24, 2.45) is 0 Å². The van der Waals surface area contributed by atoms with Crippen molar-refractivity contribution in [3.8, 4) is 16.9 Å². The van der Waals surface area contributed by atoms with E-state index in [2.05, 4.69) is 45.0 Å². The molecule has 0 radical (unpaired) electrons. The third-order valence-corrected chi connectivity index (χ3v) is 3.50. The van der Waals surface area contributed by atoms with Crippen LogP contribution in [0.5, 0.6) is 5.75 Å². The number of anilines is 1. The van der Waals surface area contributed by atoms with E-state index in [1.807, 2.05) is 0 Å². The van der Waals surface area contributed by atoms with Crippen LogP contribution in [-0.2, 0) is 0 Å². The first-order valence-electron chi connectivity index (χ1n) is 6.88. The van der Waals surface area contributed by atoms with E-state index in [1.54, 1.807) is 13.3 Å². The first kappa shape index (κ1) is 14.4. The summed E-state index contributed by atoms with van der Waals surface area (Å²) < 4.78 is 10.6. The Labute approximate surface area is 119 Å². The molecule has 0 saturated carbocycles. The Morgan fingerprint density at radius 3 is 2.00 bits per heavy atom. The predicted molar refractivity (Wildman–Crippen MR) is 81.1 cm³/mol. The number of hydrogen-bond acceptors (Lipinski definition) is 4. The molecule has 0 spiro atoms. The molecule has 108 valence electrons. The second-order valence-electron chi connectivity index (χ2n) is 5.60. The zero-order valence-corrected chi connectivity index (χ0v) is 12.7. The fourth-order valence-corrected chi connectivity index (χ4v) is 2.39. The Balaban J connectivity index is 2.69. The molecule has 2 rings (SSSR count). The van der Waals surface area contributed by atoms with Gasteiger partial charge in [0.2, 0.25) is 5.88 Å². The quantitative estimate of drug-likeness (QED) is 0.908. The Bertz CT molecular complexity index is 571. The summed E-state index contributed by atoms with van der Waals surface area (Å²) in [4.78, 5) is 0. The van der Waals surface area contributed by atoms with Crippen LogP contribution in [-0.4, -0.2) is 12.3 Å². The Morgan fingerprint density at radius 2 is 1.65 bits per heavy atom. The molecule has 1 aromatic heterocycles. The molecule has 0 aliphatic heterocycles. The average molecular weight is 274 g/mol. The highest BCUT2D eigenvalue weighted by molar-refractivity contribution is 5.74. The van der Waals surface area contributed by atoms with Gasteiger partial charge in [0.15, 0.2) is 0 Å². The minimum absolute atomic E-state index is 0.347. The van der Waals surface area contributed by atoms with Gasteiger partial charge < -0.3 is 15.0 Å². The minimum atomic E-state index is 0.347. The first-order chi connectivity index (χ1) is 9.45. The molecule has 2 aromatic rings. The molecule has 4 nitrogen and oxygen atoms in total. The van der Waals surface area contributed by atoms with E-state index < -0.39 is 0 Å². The zero-order chi connectivity index (χ0) is 14.9. The van der Waals surface area contributed by atoms with Crippen LogP contribution in [0.4, 0.5) is 5.88 Å². The normalized spacial score (nSPS) is 11.3. The van der Waals surface area contributed by atoms with Crippen LogP contribution in [0.1, 0.15) is 50.7 Å². The van der Waals surface area contributed by atoms with Crippen molar-refractivity contribution < 1.29 is 9.26 Å². The third-order valence-electron chi connectivity index (χ3n) is 3.50. The first-order valence-corrected chi connectivity index (χ1v) is 6.88. The largest absolute Gasteiger partial charge is 0.496 e. The minimum Gasteiger partial charge on any atom is -0.496 e. The SMILES string of the molecule is COc1c(C(C)C)cc(-c2cnoc2N)cc1C(C)C. The highest BCUT2D eigenvalue weighted by atomic mass is 16.5. The smallest absolute Gasteiger partial charge is 0.229 e. The van der Waals surface area contributed by atoms with Gasteiger partial charge in [0.25, 0.3) is 0 Å². The van der Waals surface area contributed by atoms with Gasteiger partial charge in [0.05, 0.1) is 18.9 Å².